The molecule has 2 aliphatic heterocycles. The van der Waals surface area contributed by atoms with Crippen LogP contribution in [-0.2, 0) is 4.79 Å². The number of nitrogens with one attached hydrogen (secondary N) is 1. The van der Waals surface area contributed by atoms with E-state index in [1.807, 2.05) is 13.8 Å². The van der Waals surface area contributed by atoms with Gasteiger partial charge in [0.1, 0.15) is 5.54 Å². The highest BCUT2D eigenvalue weighted by Crippen LogP contribution is 2.30. The molecular weight excluding hydrogens is 292 g/mol. The number of nitrogens with two attached hydrogens (primary N) is 1. The molecule has 0 unspecified atom stereocenters. The summed E-state index contributed by atoms with van der Waals surface area (Å²) in [6.07, 6.45) is 6.43. The predicted octanol–water partition coefficient (Wildman–Crippen LogP) is 1.69. The monoisotopic (exact) mass is 324 g/mol. The van der Waals surface area contributed by atoms with Crippen molar-refractivity contribution in [2.75, 3.05) is 26.2 Å². The maximum atomic E-state index is 12.7. The molecule has 6 heteroatoms. The number of imide groups is 1. The molecule has 3 N–H and O–H groups in total. The molecule has 2 rings (SSSR count). The van der Waals surface area contributed by atoms with Gasteiger partial charge in [-0.2, -0.15) is 0 Å². The normalized spacial score (nSPS) is 22.0. The Bertz CT molecular complexity index is 436. The van der Waals surface area contributed by atoms with Crippen LogP contribution in [0.3, 0.4) is 0 Å². The van der Waals surface area contributed by atoms with Crippen molar-refractivity contribution >= 4 is 11.9 Å². The van der Waals surface area contributed by atoms with Crippen molar-refractivity contribution in [3.63, 3.8) is 0 Å². The number of hydrogen-bond acceptors (Lipinski definition) is 4. The number of rotatable bonds is 7. The predicted molar refractivity (Wildman–Crippen MR) is 91.1 cm³/mol. The van der Waals surface area contributed by atoms with Crippen LogP contribution in [-0.4, -0.2) is 59.0 Å². The summed E-state index contributed by atoms with van der Waals surface area (Å²) in [4.78, 5) is 28.6. The third kappa shape index (κ3) is 4.44. The number of urea groups is 1. The lowest BCUT2D eigenvalue weighted by Gasteiger charge is -2.37. The fraction of sp³-hybridized carbons (Fsp3) is 0.882. The standard InChI is InChI=1S/C17H32N4O2/c1-4-5-6-7-10-20-11-8-17(9-12-20)14(22)21(15(23)19-17)13-16(2,3)18/h4-13,18H2,1-3H3,(H,19,23). The topological polar surface area (TPSA) is 78.7 Å². The van der Waals surface area contributed by atoms with Gasteiger partial charge in [-0.05, 0) is 39.7 Å². The largest absolute Gasteiger partial charge is 0.325 e. The lowest BCUT2D eigenvalue weighted by Crippen LogP contribution is -2.55. The highest BCUT2D eigenvalue weighted by Gasteiger charge is 2.52. The van der Waals surface area contributed by atoms with Gasteiger partial charge < -0.3 is 16.0 Å². The van der Waals surface area contributed by atoms with Crippen molar-refractivity contribution in [1.82, 2.24) is 15.1 Å². The zero-order valence-corrected chi connectivity index (χ0v) is 14.9. The first kappa shape index (κ1) is 18.2. The minimum atomic E-state index is -0.692. The van der Waals surface area contributed by atoms with Gasteiger partial charge >= 0.3 is 6.03 Å². The van der Waals surface area contributed by atoms with Crippen molar-refractivity contribution in [3.8, 4) is 0 Å². The van der Waals surface area contributed by atoms with Gasteiger partial charge in [0.15, 0.2) is 0 Å². The molecule has 2 heterocycles. The summed E-state index contributed by atoms with van der Waals surface area (Å²) >= 11 is 0. The molecule has 0 saturated carbocycles. The Kier molecular flexibility index (Phi) is 5.68. The zero-order valence-electron chi connectivity index (χ0n) is 14.9. The van der Waals surface area contributed by atoms with Gasteiger partial charge in [0.25, 0.3) is 5.91 Å². The fourth-order valence-corrected chi connectivity index (χ4v) is 3.49. The van der Waals surface area contributed by atoms with Crippen LogP contribution in [0.1, 0.15) is 59.3 Å². The molecule has 0 aliphatic carbocycles. The van der Waals surface area contributed by atoms with E-state index in [1.54, 1.807) is 0 Å². The second-order valence-corrected chi connectivity index (χ2v) is 7.79. The Morgan fingerprint density at radius 3 is 2.39 bits per heavy atom. The van der Waals surface area contributed by atoms with Crippen molar-refractivity contribution in [2.45, 2.75) is 70.4 Å². The molecule has 0 atom stereocenters. The molecule has 2 aliphatic rings. The van der Waals surface area contributed by atoms with Crippen LogP contribution in [0.25, 0.3) is 0 Å². The molecule has 1 spiro atoms. The van der Waals surface area contributed by atoms with E-state index >= 15 is 0 Å². The van der Waals surface area contributed by atoms with E-state index in [2.05, 4.69) is 17.1 Å². The van der Waals surface area contributed by atoms with Gasteiger partial charge in [0.2, 0.25) is 0 Å². The molecule has 0 aromatic rings. The van der Waals surface area contributed by atoms with Crippen LogP contribution in [0.5, 0.6) is 0 Å². The van der Waals surface area contributed by atoms with E-state index in [0.717, 1.165) is 19.6 Å². The van der Waals surface area contributed by atoms with Crippen LogP contribution < -0.4 is 11.1 Å². The number of piperidine rings is 1. The Labute approximate surface area is 139 Å². The quantitative estimate of drug-likeness (QED) is 0.552. The Morgan fingerprint density at radius 1 is 1.17 bits per heavy atom. The first-order valence-corrected chi connectivity index (χ1v) is 8.93. The number of carbonyl (C=O) groups excluding carboxylic acids is 2. The van der Waals surface area contributed by atoms with Crippen molar-refractivity contribution in [1.29, 1.82) is 0 Å². The van der Waals surface area contributed by atoms with Gasteiger partial charge in [0, 0.05) is 25.2 Å². The van der Waals surface area contributed by atoms with Gasteiger partial charge in [-0.15, -0.1) is 0 Å². The van der Waals surface area contributed by atoms with E-state index in [1.165, 1.54) is 30.6 Å². The van der Waals surface area contributed by atoms with Crippen LogP contribution in [0.4, 0.5) is 4.79 Å². The van der Waals surface area contributed by atoms with Crippen LogP contribution in [0.2, 0.25) is 0 Å². The van der Waals surface area contributed by atoms with E-state index in [9.17, 15) is 9.59 Å². The molecule has 132 valence electrons. The minimum absolute atomic E-state index is 0.0911. The number of amides is 3. The van der Waals surface area contributed by atoms with Crippen molar-refractivity contribution in [3.05, 3.63) is 0 Å². The Morgan fingerprint density at radius 2 is 1.83 bits per heavy atom. The average Bonchev–Trinajstić information content (AvgIpc) is 2.69. The number of unbranched alkanes of at least 4 members (excludes halogenated alkanes) is 3. The minimum Gasteiger partial charge on any atom is -0.324 e. The fourth-order valence-electron chi connectivity index (χ4n) is 3.49. The molecule has 2 fully saturated rings. The van der Waals surface area contributed by atoms with E-state index in [-0.39, 0.29) is 18.5 Å². The van der Waals surface area contributed by atoms with Gasteiger partial charge in [-0.25, -0.2) is 4.79 Å². The lowest BCUT2D eigenvalue weighted by atomic mass is 9.87. The van der Waals surface area contributed by atoms with E-state index in [4.69, 9.17) is 5.73 Å². The smallest absolute Gasteiger partial charge is 0.324 e. The van der Waals surface area contributed by atoms with Crippen molar-refractivity contribution in [2.24, 2.45) is 5.73 Å². The number of nitrogens with zero attached hydrogens (tertiary/aromatic N) is 2. The van der Waals surface area contributed by atoms with Crippen LogP contribution in [0, 0.1) is 0 Å². The summed E-state index contributed by atoms with van der Waals surface area (Å²) in [5, 5.41) is 2.94. The van der Waals surface area contributed by atoms with Gasteiger partial charge in [-0.3, -0.25) is 9.69 Å². The zero-order chi connectivity index (χ0) is 17.1. The van der Waals surface area contributed by atoms with Crippen LogP contribution in [0.15, 0.2) is 0 Å². The summed E-state index contributed by atoms with van der Waals surface area (Å²) < 4.78 is 0. The number of carbonyl (C=O) groups is 2. The van der Waals surface area contributed by atoms with E-state index < -0.39 is 11.1 Å². The Hall–Kier alpha value is -1.14. The molecule has 6 nitrogen and oxygen atoms in total. The summed E-state index contributed by atoms with van der Waals surface area (Å²) in [6, 6.07) is -0.287. The lowest BCUT2D eigenvalue weighted by molar-refractivity contribution is -0.133. The molecule has 3 amide bonds. The summed E-state index contributed by atoms with van der Waals surface area (Å²) in [6.45, 7) is 8.98. The molecule has 23 heavy (non-hydrogen) atoms. The first-order chi connectivity index (χ1) is 10.8. The second kappa shape index (κ2) is 7.18. The van der Waals surface area contributed by atoms with E-state index in [0.29, 0.717) is 12.8 Å². The van der Waals surface area contributed by atoms with Gasteiger partial charge in [-0.1, -0.05) is 26.2 Å². The third-order valence-electron chi connectivity index (χ3n) is 4.85. The molecule has 0 aromatic carbocycles. The molecule has 0 aromatic heterocycles. The van der Waals surface area contributed by atoms with Gasteiger partial charge in [0.05, 0.1) is 0 Å². The Balaban J connectivity index is 1.88. The molecule has 2 saturated heterocycles. The average molecular weight is 324 g/mol. The van der Waals surface area contributed by atoms with Crippen molar-refractivity contribution < 1.29 is 9.59 Å². The molecule has 0 radical (unpaired) electrons. The summed E-state index contributed by atoms with van der Waals surface area (Å²) in [5.74, 6) is -0.0911. The summed E-state index contributed by atoms with van der Waals surface area (Å²) in [7, 11) is 0. The number of hydrogen-bond donors (Lipinski definition) is 2. The highest BCUT2D eigenvalue weighted by molar-refractivity contribution is 6.07. The molecule has 0 bridgehead atoms. The third-order valence-corrected chi connectivity index (χ3v) is 4.85. The SMILES string of the molecule is CCCCCCN1CCC2(CC1)NC(=O)N(CC(C)(C)N)C2=O. The maximum absolute atomic E-state index is 12.7. The maximum Gasteiger partial charge on any atom is 0.325 e. The molecular formula is C17H32N4O2. The van der Waals surface area contributed by atoms with Crippen LogP contribution >= 0.6 is 0 Å². The first-order valence-electron chi connectivity index (χ1n) is 8.93. The number of likely N-dealkylation sites (tertiary alicyclic amines) is 1. The second-order valence-electron chi connectivity index (χ2n) is 7.79. The highest BCUT2D eigenvalue weighted by atomic mass is 16.2. The summed E-state index contributed by atoms with van der Waals surface area (Å²) in [5.41, 5.74) is 4.71.